The summed E-state index contributed by atoms with van der Waals surface area (Å²) in [7, 11) is 0. The van der Waals surface area contributed by atoms with Gasteiger partial charge in [0.15, 0.2) is 0 Å². The van der Waals surface area contributed by atoms with Crippen molar-refractivity contribution in [3.63, 3.8) is 0 Å². The first kappa shape index (κ1) is 18.2. The largest absolute Gasteiger partial charge is 0.351 e. The van der Waals surface area contributed by atoms with Crippen LogP contribution in [0.5, 0.6) is 0 Å². The monoisotopic (exact) mass is 357 g/mol. The highest BCUT2D eigenvalue weighted by atomic mass is 35.5. The maximum Gasteiger partial charge on any atom is 0.252 e. The van der Waals surface area contributed by atoms with Gasteiger partial charge in [0.1, 0.15) is 0 Å². The van der Waals surface area contributed by atoms with Gasteiger partial charge in [-0.15, -0.1) is 12.4 Å². The van der Waals surface area contributed by atoms with Crippen LogP contribution in [0.3, 0.4) is 0 Å². The van der Waals surface area contributed by atoms with E-state index in [4.69, 9.17) is 0 Å². The molecule has 128 valence electrons. The highest BCUT2D eigenvalue weighted by Gasteiger charge is 2.37. The lowest BCUT2D eigenvalue weighted by molar-refractivity contribution is -0.133. The van der Waals surface area contributed by atoms with Crippen LogP contribution in [0.2, 0.25) is 0 Å². The normalized spacial score (nSPS) is 19.4. The van der Waals surface area contributed by atoms with Gasteiger partial charge in [0, 0.05) is 43.5 Å². The molecule has 23 heavy (non-hydrogen) atoms. The summed E-state index contributed by atoms with van der Waals surface area (Å²) in [5.74, 6) is 0.0649. The first-order valence-corrected chi connectivity index (χ1v) is 8.92. The number of hydrogen-bond acceptors (Lipinski definition) is 4. The Kier molecular flexibility index (Phi) is 6.44. The topological polar surface area (TPSA) is 61.4 Å². The van der Waals surface area contributed by atoms with Gasteiger partial charge in [-0.1, -0.05) is 0 Å². The molecular formula is C16H24ClN3O2S. The summed E-state index contributed by atoms with van der Waals surface area (Å²) < 4.78 is 0. The Labute approximate surface area is 147 Å². The van der Waals surface area contributed by atoms with Crippen molar-refractivity contribution >= 4 is 35.6 Å². The summed E-state index contributed by atoms with van der Waals surface area (Å²) in [4.78, 5) is 26.0. The summed E-state index contributed by atoms with van der Waals surface area (Å²) in [6.45, 7) is 4.35. The van der Waals surface area contributed by atoms with Gasteiger partial charge in [0.2, 0.25) is 5.91 Å². The summed E-state index contributed by atoms with van der Waals surface area (Å²) >= 11 is 1.50. The number of amides is 2. The molecule has 0 bridgehead atoms. The van der Waals surface area contributed by atoms with Crippen molar-refractivity contribution < 1.29 is 9.59 Å². The number of halogens is 1. The summed E-state index contributed by atoms with van der Waals surface area (Å²) in [5, 5.41) is 9.94. The highest BCUT2D eigenvalue weighted by molar-refractivity contribution is 7.08. The second kappa shape index (κ2) is 8.13. The minimum absolute atomic E-state index is 0. The second-order valence-corrected chi connectivity index (χ2v) is 7.11. The van der Waals surface area contributed by atoms with E-state index >= 15 is 0 Å². The van der Waals surface area contributed by atoms with E-state index in [0.717, 1.165) is 39.0 Å². The first-order chi connectivity index (χ1) is 10.7. The van der Waals surface area contributed by atoms with E-state index < -0.39 is 0 Å². The molecular weight excluding hydrogens is 334 g/mol. The third-order valence-electron chi connectivity index (χ3n) is 4.92. The van der Waals surface area contributed by atoms with E-state index in [1.165, 1.54) is 17.8 Å². The molecule has 2 aliphatic rings. The Hall–Kier alpha value is -1.11. The van der Waals surface area contributed by atoms with Gasteiger partial charge in [0.25, 0.3) is 5.91 Å². The van der Waals surface area contributed by atoms with Crippen molar-refractivity contribution in [3.05, 3.63) is 22.4 Å². The number of carbonyl (C=O) groups excluding carboxylic acids is 2. The van der Waals surface area contributed by atoms with Crippen LogP contribution in [0.1, 0.15) is 36.0 Å². The van der Waals surface area contributed by atoms with E-state index in [9.17, 15) is 9.59 Å². The van der Waals surface area contributed by atoms with Gasteiger partial charge < -0.3 is 15.5 Å². The number of likely N-dealkylation sites (tertiary alicyclic amines) is 1. The number of thiophene rings is 1. The lowest BCUT2D eigenvalue weighted by Crippen LogP contribution is -2.44. The molecule has 1 aromatic rings. The van der Waals surface area contributed by atoms with E-state index in [-0.39, 0.29) is 24.2 Å². The Morgan fingerprint density at radius 3 is 2.70 bits per heavy atom. The molecule has 2 saturated heterocycles. The quantitative estimate of drug-likeness (QED) is 0.865. The van der Waals surface area contributed by atoms with Crippen molar-refractivity contribution in [1.82, 2.24) is 15.5 Å². The minimum atomic E-state index is -0.0938. The lowest BCUT2D eigenvalue weighted by atomic mass is 9.78. The standard InChI is InChI=1S/C16H23N3O2S.ClH/c20-14(1-6-18-15(21)13-2-10-22-11-13)19-8-4-16(5-9-19)3-7-17-12-16;/h2,10-11,17H,1,3-9,12H2,(H,18,21);1H. The van der Waals surface area contributed by atoms with E-state index in [1.807, 2.05) is 15.7 Å². The highest BCUT2D eigenvalue weighted by Crippen LogP contribution is 2.36. The third-order valence-corrected chi connectivity index (χ3v) is 5.60. The van der Waals surface area contributed by atoms with E-state index in [2.05, 4.69) is 10.6 Å². The van der Waals surface area contributed by atoms with Gasteiger partial charge in [-0.05, 0) is 42.7 Å². The minimum Gasteiger partial charge on any atom is -0.351 e. The fourth-order valence-corrected chi connectivity index (χ4v) is 4.03. The van der Waals surface area contributed by atoms with Crippen LogP contribution in [0.4, 0.5) is 0 Å². The number of nitrogens with one attached hydrogen (secondary N) is 2. The van der Waals surface area contributed by atoms with Gasteiger partial charge >= 0.3 is 0 Å². The van der Waals surface area contributed by atoms with Gasteiger partial charge in [-0.2, -0.15) is 11.3 Å². The molecule has 2 N–H and O–H groups in total. The molecule has 2 amide bonds. The molecule has 0 unspecified atom stereocenters. The van der Waals surface area contributed by atoms with Crippen LogP contribution >= 0.6 is 23.7 Å². The molecule has 7 heteroatoms. The zero-order valence-electron chi connectivity index (χ0n) is 13.2. The van der Waals surface area contributed by atoms with E-state index in [0.29, 0.717) is 23.9 Å². The lowest BCUT2D eigenvalue weighted by Gasteiger charge is -2.39. The fraction of sp³-hybridized carbons (Fsp3) is 0.625. The first-order valence-electron chi connectivity index (χ1n) is 7.97. The Morgan fingerprint density at radius 1 is 1.30 bits per heavy atom. The SMILES string of the molecule is Cl.O=C(NCCC(=O)N1CCC2(CCNC2)CC1)c1ccsc1. The molecule has 1 aromatic heterocycles. The Morgan fingerprint density at radius 2 is 2.09 bits per heavy atom. The van der Waals surface area contributed by atoms with Crippen LogP contribution in [0.15, 0.2) is 16.8 Å². The molecule has 3 rings (SSSR count). The fourth-order valence-electron chi connectivity index (χ4n) is 3.39. The van der Waals surface area contributed by atoms with Crippen LogP contribution in [0, 0.1) is 5.41 Å². The molecule has 3 heterocycles. The zero-order chi connectivity index (χ0) is 15.4. The Bertz CT molecular complexity index is 519. The smallest absolute Gasteiger partial charge is 0.252 e. The average molecular weight is 358 g/mol. The summed E-state index contributed by atoms with van der Waals surface area (Å²) in [5.41, 5.74) is 1.11. The van der Waals surface area contributed by atoms with Gasteiger partial charge in [-0.25, -0.2) is 0 Å². The van der Waals surface area contributed by atoms with Crippen molar-refractivity contribution in [1.29, 1.82) is 0 Å². The van der Waals surface area contributed by atoms with E-state index in [1.54, 1.807) is 6.07 Å². The molecule has 0 aliphatic carbocycles. The molecule has 2 aliphatic heterocycles. The number of rotatable bonds is 4. The third kappa shape index (κ3) is 4.46. The molecule has 5 nitrogen and oxygen atoms in total. The van der Waals surface area contributed by atoms with Crippen molar-refractivity contribution in [3.8, 4) is 0 Å². The molecule has 1 spiro atoms. The predicted molar refractivity (Wildman–Crippen MR) is 94.3 cm³/mol. The van der Waals surface area contributed by atoms with Crippen LogP contribution < -0.4 is 10.6 Å². The molecule has 2 fully saturated rings. The molecule has 0 atom stereocenters. The molecule has 0 aromatic carbocycles. The van der Waals surface area contributed by atoms with Gasteiger partial charge in [0.05, 0.1) is 0 Å². The maximum absolute atomic E-state index is 12.2. The molecule has 0 saturated carbocycles. The van der Waals surface area contributed by atoms with Crippen molar-refractivity contribution in [2.75, 3.05) is 32.7 Å². The summed E-state index contributed by atoms with van der Waals surface area (Å²) in [6.07, 6.45) is 3.84. The van der Waals surface area contributed by atoms with Crippen LogP contribution in [-0.4, -0.2) is 49.4 Å². The number of hydrogen-bond donors (Lipinski definition) is 2. The zero-order valence-corrected chi connectivity index (χ0v) is 14.8. The number of carbonyl (C=O) groups is 2. The Balaban J connectivity index is 0.00000192. The van der Waals surface area contributed by atoms with Gasteiger partial charge in [-0.3, -0.25) is 9.59 Å². The summed E-state index contributed by atoms with van der Waals surface area (Å²) in [6, 6.07) is 1.79. The maximum atomic E-state index is 12.2. The second-order valence-electron chi connectivity index (χ2n) is 6.33. The predicted octanol–water partition coefficient (Wildman–Crippen LogP) is 1.89. The van der Waals surface area contributed by atoms with Crippen molar-refractivity contribution in [2.45, 2.75) is 25.7 Å². The van der Waals surface area contributed by atoms with Crippen molar-refractivity contribution in [2.24, 2.45) is 5.41 Å². The average Bonchev–Trinajstić information content (AvgIpc) is 3.20. The van der Waals surface area contributed by atoms with Crippen LogP contribution in [0.25, 0.3) is 0 Å². The number of piperidine rings is 1. The number of nitrogens with zero attached hydrogens (tertiary/aromatic N) is 1. The van der Waals surface area contributed by atoms with Crippen LogP contribution in [-0.2, 0) is 4.79 Å². The molecule has 0 radical (unpaired) electrons.